The van der Waals surface area contributed by atoms with Crippen LogP contribution in [-0.2, 0) is 11.3 Å². The van der Waals surface area contributed by atoms with Gasteiger partial charge in [0.25, 0.3) is 0 Å². The Balaban J connectivity index is 1.54. The van der Waals surface area contributed by atoms with Crippen LogP contribution in [0, 0.1) is 0 Å². The molecule has 0 bridgehead atoms. The van der Waals surface area contributed by atoms with Crippen molar-refractivity contribution in [2.24, 2.45) is 5.73 Å². The Labute approximate surface area is 178 Å². The van der Waals surface area contributed by atoms with Gasteiger partial charge in [0.05, 0.1) is 18.2 Å². The number of amides is 1. The molecule has 11 nitrogen and oxygen atoms in total. The second-order valence-electron chi connectivity index (χ2n) is 8.05. The predicted molar refractivity (Wildman–Crippen MR) is 111 cm³/mol. The minimum absolute atomic E-state index is 0.160. The molecule has 0 aromatic carbocycles. The third-order valence-electron chi connectivity index (χ3n) is 5.70. The first kappa shape index (κ1) is 19.5. The van der Waals surface area contributed by atoms with E-state index in [2.05, 4.69) is 15.1 Å². The van der Waals surface area contributed by atoms with E-state index in [-0.39, 0.29) is 6.04 Å². The van der Waals surface area contributed by atoms with E-state index in [1.54, 1.807) is 17.2 Å². The number of nitrogens with two attached hydrogens (primary N) is 1. The minimum Gasteiger partial charge on any atom is -0.491 e. The number of primary amides is 1. The van der Waals surface area contributed by atoms with Gasteiger partial charge in [-0.2, -0.15) is 5.10 Å². The van der Waals surface area contributed by atoms with Gasteiger partial charge in [-0.25, -0.2) is 19.6 Å². The van der Waals surface area contributed by atoms with Crippen molar-refractivity contribution in [2.75, 3.05) is 18.1 Å². The lowest BCUT2D eigenvalue weighted by atomic mass is 10.1. The number of hydrogen-bond donors (Lipinski definition) is 2. The average molecular weight is 424 g/mol. The summed E-state index contributed by atoms with van der Waals surface area (Å²) in [5.74, 6) is 2.03. The quantitative estimate of drug-likeness (QED) is 0.621. The molecule has 0 aliphatic carbocycles. The van der Waals surface area contributed by atoms with Crippen molar-refractivity contribution in [1.82, 2.24) is 29.3 Å². The Hall–Kier alpha value is -3.47. The third kappa shape index (κ3) is 3.21. The summed E-state index contributed by atoms with van der Waals surface area (Å²) in [4.78, 5) is 27.3. The SMILES string of the molecule is CC(C)n1ncnc1-c1cn2c(n1)-c1cnc(N3CC[C@@H](O)[C@H]3C(N)=O)cc1OCC2. The Morgan fingerprint density at radius 3 is 2.90 bits per heavy atom. The van der Waals surface area contributed by atoms with Crippen LogP contribution in [0.5, 0.6) is 5.75 Å². The van der Waals surface area contributed by atoms with Gasteiger partial charge >= 0.3 is 0 Å². The van der Waals surface area contributed by atoms with Gasteiger partial charge in [-0.05, 0) is 20.3 Å². The molecule has 3 N–H and O–H groups in total. The molecule has 5 rings (SSSR count). The van der Waals surface area contributed by atoms with Crippen molar-refractivity contribution in [3.05, 3.63) is 24.8 Å². The molecule has 3 aromatic rings. The minimum atomic E-state index is -0.807. The number of nitrogens with zero attached hydrogens (tertiary/aromatic N) is 7. The normalized spacial score (nSPS) is 20.3. The number of rotatable bonds is 4. The summed E-state index contributed by atoms with van der Waals surface area (Å²) in [6, 6.07) is 1.14. The van der Waals surface area contributed by atoms with Gasteiger partial charge in [-0.15, -0.1) is 0 Å². The second kappa shape index (κ2) is 7.34. The Bertz CT molecular complexity index is 1140. The van der Waals surface area contributed by atoms with Crippen molar-refractivity contribution in [3.8, 4) is 28.7 Å². The molecule has 1 saturated heterocycles. The van der Waals surface area contributed by atoms with Crippen LogP contribution >= 0.6 is 0 Å². The molecule has 1 amide bonds. The molecule has 5 heterocycles. The van der Waals surface area contributed by atoms with Crippen LogP contribution in [0.1, 0.15) is 26.3 Å². The zero-order chi connectivity index (χ0) is 21.7. The van der Waals surface area contributed by atoms with Crippen LogP contribution in [0.15, 0.2) is 24.8 Å². The predicted octanol–water partition coefficient (Wildman–Crippen LogP) is 0.602. The van der Waals surface area contributed by atoms with Crippen molar-refractivity contribution >= 4 is 11.7 Å². The molecule has 11 heteroatoms. The number of aromatic nitrogens is 6. The molecule has 0 saturated carbocycles. The van der Waals surface area contributed by atoms with Crippen LogP contribution in [0.3, 0.4) is 0 Å². The lowest BCUT2D eigenvalue weighted by Crippen LogP contribution is -2.46. The maximum absolute atomic E-state index is 11.8. The van der Waals surface area contributed by atoms with E-state index < -0.39 is 18.1 Å². The number of aliphatic hydroxyl groups excluding tert-OH is 1. The smallest absolute Gasteiger partial charge is 0.242 e. The van der Waals surface area contributed by atoms with Crippen molar-refractivity contribution in [2.45, 2.75) is 45.0 Å². The number of aliphatic hydroxyl groups is 1. The van der Waals surface area contributed by atoms with Gasteiger partial charge in [0.1, 0.15) is 42.1 Å². The number of ether oxygens (including phenoxy) is 1. The maximum atomic E-state index is 11.8. The Morgan fingerprint density at radius 1 is 1.29 bits per heavy atom. The summed E-state index contributed by atoms with van der Waals surface area (Å²) in [5.41, 5.74) is 6.98. The molecule has 3 aromatic heterocycles. The number of hydrogen-bond acceptors (Lipinski definition) is 8. The summed E-state index contributed by atoms with van der Waals surface area (Å²) < 4.78 is 9.82. The first-order chi connectivity index (χ1) is 14.9. The van der Waals surface area contributed by atoms with Gasteiger partial charge in [0, 0.05) is 31.0 Å². The number of carbonyl (C=O) groups excluding carboxylic acids is 1. The van der Waals surface area contributed by atoms with Crippen molar-refractivity contribution in [3.63, 3.8) is 0 Å². The van der Waals surface area contributed by atoms with Crippen molar-refractivity contribution < 1.29 is 14.6 Å². The van der Waals surface area contributed by atoms with Gasteiger partial charge in [0.15, 0.2) is 5.82 Å². The summed E-state index contributed by atoms with van der Waals surface area (Å²) in [7, 11) is 0. The number of fused-ring (bicyclic) bond motifs is 3. The molecule has 2 atom stereocenters. The number of anilines is 1. The van der Waals surface area contributed by atoms with E-state index in [1.165, 1.54) is 6.33 Å². The molecule has 0 spiro atoms. The maximum Gasteiger partial charge on any atom is 0.242 e. The van der Waals surface area contributed by atoms with E-state index in [0.29, 0.717) is 43.5 Å². The molecular formula is C20H24N8O3. The molecule has 2 aliphatic rings. The highest BCUT2D eigenvalue weighted by Crippen LogP contribution is 2.36. The van der Waals surface area contributed by atoms with E-state index in [0.717, 1.165) is 17.1 Å². The van der Waals surface area contributed by atoms with E-state index >= 15 is 0 Å². The molecule has 162 valence electrons. The lowest BCUT2D eigenvalue weighted by Gasteiger charge is -2.25. The number of imidazole rings is 1. The van der Waals surface area contributed by atoms with E-state index in [4.69, 9.17) is 15.5 Å². The third-order valence-corrected chi connectivity index (χ3v) is 5.70. The summed E-state index contributed by atoms with van der Waals surface area (Å²) in [5, 5.41) is 14.4. The van der Waals surface area contributed by atoms with E-state index in [1.807, 2.05) is 29.3 Å². The van der Waals surface area contributed by atoms with Crippen LogP contribution in [0.2, 0.25) is 0 Å². The molecule has 1 fully saturated rings. The monoisotopic (exact) mass is 424 g/mol. The number of carbonyl (C=O) groups is 1. The summed E-state index contributed by atoms with van der Waals surface area (Å²) >= 11 is 0. The Kier molecular flexibility index (Phi) is 4.62. The molecule has 2 aliphatic heterocycles. The zero-order valence-corrected chi connectivity index (χ0v) is 17.3. The topological polar surface area (TPSA) is 137 Å². The van der Waals surface area contributed by atoms with Crippen LogP contribution in [0.4, 0.5) is 5.82 Å². The highest BCUT2D eigenvalue weighted by molar-refractivity contribution is 5.85. The molecule has 31 heavy (non-hydrogen) atoms. The van der Waals surface area contributed by atoms with Crippen LogP contribution in [0.25, 0.3) is 22.9 Å². The van der Waals surface area contributed by atoms with E-state index in [9.17, 15) is 9.90 Å². The largest absolute Gasteiger partial charge is 0.491 e. The highest BCUT2D eigenvalue weighted by atomic mass is 16.5. The first-order valence-corrected chi connectivity index (χ1v) is 10.3. The van der Waals surface area contributed by atoms with Gasteiger partial charge < -0.3 is 25.0 Å². The van der Waals surface area contributed by atoms with Gasteiger partial charge in [0.2, 0.25) is 5.91 Å². The van der Waals surface area contributed by atoms with Crippen LogP contribution < -0.4 is 15.4 Å². The zero-order valence-electron chi connectivity index (χ0n) is 17.3. The fraction of sp³-hybridized carbons (Fsp3) is 0.450. The Morgan fingerprint density at radius 2 is 2.13 bits per heavy atom. The average Bonchev–Trinajstić information content (AvgIpc) is 3.44. The lowest BCUT2D eigenvalue weighted by molar-refractivity contribution is -0.120. The van der Waals surface area contributed by atoms with Crippen molar-refractivity contribution in [1.29, 1.82) is 0 Å². The van der Waals surface area contributed by atoms with Gasteiger partial charge in [-0.1, -0.05) is 0 Å². The van der Waals surface area contributed by atoms with Crippen LogP contribution in [-0.4, -0.2) is 65.6 Å². The fourth-order valence-electron chi connectivity index (χ4n) is 4.22. The highest BCUT2D eigenvalue weighted by Gasteiger charge is 2.38. The molecule has 0 radical (unpaired) electrons. The first-order valence-electron chi connectivity index (χ1n) is 10.3. The number of pyridine rings is 1. The fourth-order valence-corrected chi connectivity index (χ4v) is 4.22. The summed E-state index contributed by atoms with van der Waals surface area (Å²) in [6.07, 6.45) is 4.82. The molecular weight excluding hydrogens is 400 g/mol. The standard InChI is InChI=1S/C20H24N8O3/c1-11(2)28-20(23-10-24-28)13-9-26-5-6-31-15-7-16(22-8-12(15)19(26)25-13)27-4-3-14(29)17(27)18(21)30/h7-11,14,17,29H,3-6H2,1-2H3,(H2,21,30)/t14-,17+/m1/s1. The molecule has 0 unspecified atom stereocenters. The second-order valence-corrected chi connectivity index (χ2v) is 8.05. The summed E-state index contributed by atoms with van der Waals surface area (Å²) in [6.45, 7) is 5.65. The van der Waals surface area contributed by atoms with Gasteiger partial charge in [-0.3, -0.25) is 4.79 Å².